The molecule has 15 heavy (non-hydrogen) atoms. The first-order valence-electron chi connectivity index (χ1n) is 4.99. The van der Waals surface area contributed by atoms with Gasteiger partial charge in [0.15, 0.2) is 0 Å². The third kappa shape index (κ3) is 3.54. The summed E-state index contributed by atoms with van der Waals surface area (Å²) in [6.07, 6.45) is 6.01. The topological polar surface area (TPSA) is 73.1 Å². The van der Waals surface area contributed by atoms with Crippen LogP contribution in [0.5, 0.6) is 0 Å². The summed E-state index contributed by atoms with van der Waals surface area (Å²) in [5.41, 5.74) is 3.79. The second-order valence-electron chi connectivity index (χ2n) is 3.57. The number of nitrogens with two attached hydrogens (primary N) is 1. The first-order chi connectivity index (χ1) is 7.29. The predicted octanol–water partition coefficient (Wildman–Crippen LogP) is 0.654. The largest absolute Gasteiger partial charge is 0.385 e. The van der Waals surface area contributed by atoms with Crippen LogP contribution in [0.15, 0.2) is 18.7 Å². The van der Waals surface area contributed by atoms with Gasteiger partial charge >= 0.3 is 0 Å². The Morgan fingerprint density at radius 1 is 1.47 bits per heavy atom. The Balaban J connectivity index is 2.63. The Morgan fingerprint density at radius 2 is 2.13 bits per heavy atom. The van der Waals surface area contributed by atoms with Crippen LogP contribution in [0, 0.1) is 5.92 Å². The monoisotopic (exact) mass is 210 g/mol. The van der Waals surface area contributed by atoms with E-state index in [4.69, 9.17) is 10.6 Å². The number of nitrogens with one attached hydrogen (secondary N) is 1. The van der Waals surface area contributed by atoms with E-state index in [0.717, 1.165) is 18.6 Å². The molecular weight excluding hydrogens is 192 g/mol. The van der Waals surface area contributed by atoms with Gasteiger partial charge in [-0.15, -0.1) is 0 Å². The van der Waals surface area contributed by atoms with Gasteiger partial charge in [-0.3, -0.25) is 11.3 Å². The lowest BCUT2D eigenvalue weighted by Gasteiger charge is -2.22. The van der Waals surface area contributed by atoms with Crippen molar-refractivity contribution in [1.82, 2.24) is 15.4 Å². The zero-order chi connectivity index (χ0) is 11.1. The molecule has 1 aromatic heterocycles. The van der Waals surface area contributed by atoms with Crippen LogP contribution >= 0.6 is 0 Å². The van der Waals surface area contributed by atoms with Crippen LogP contribution in [0.2, 0.25) is 0 Å². The number of hydrogen-bond acceptors (Lipinski definition) is 5. The molecule has 0 fully saturated rings. The minimum Gasteiger partial charge on any atom is -0.385 e. The van der Waals surface area contributed by atoms with E-state index in [2.05, 4.69) is 22.3 Å². The van der Waals surface area contributed by atoms with Crippen LogP contribution in [-0.2, 0) is 4.74 Å². The molecule has 3 N–H and O–H groups in total. The normalized spacial score (nSPS) is 14.9. The Hall–Kier alpha value is -1.04. The molecule has 0 amide bonds. The van der Waals surface area contributed by atoms with E-state index < -0.39 is 0 Å². The molecule has 84 valence electrons. The fourth-order valence-electron chi connectivity index (χ4n) is 1.53. The number of methoxy groups -OCH3 is 1. The molecule has 0 bridgehead atoms. The number of ether oxygens (including phenoxy) is 1. The zero-order valence-corrected chi connectivity index (χ0v) is 9.18. The average Bonchev–Trinajstić information content (AvgIpc) is 2.29. The molecule has 0 aromatic carbocycles. The number of hydrazine groups is 1. The first kappa shape index (κ1) is 12.0. The van der Waals surface area contributed by atoms with E-state index >= 15 is 0 Å². The van der Waals surface area contributed by atoms with Crippen molar-refractivity contribution in [2.75, 3.05) is 13.7 Å². The van der Waals surface area contributed by atoms with Crippen LogP contribution < -0.4 is 11.3 Å². The molecule has 0 saturated heterocycles. The number of hydrogen-bond donors (Lipinski definition) is 2. The second kappa shape index (κ2) is 6.44. The van der Waals surface area contributed by atoms with Gasteiger partial charge in [-0.05, 0) is 12.3 Å². The molecule has 1 aromatic rings. The summed E-state index contributed by atoms with van der Waals surface area (Å²) in [5.74, 6) is 5.91. The van der Waals surface area contributed by atoms with E-state index in [9.17, 15) is 0 Å². The van der Waals surface area contributed by atoms with Crippen molar-refractivity contribution in [3.05, 3.63) is 24.3 Å². The third-order valence-electron chi connectivity index (χ3n) is 2.47. The molecule has 2 atom stereocenters. The zero-order valence-electron chi connectivity index (χ0n) is 9.18. The lowest BCUT2D eigenvalue weighted by molar-refractivity contribution is 0.170. The molecule has 1 rings (SSSR count). The quantitative estimate of drug-likeness (QED) is 0.533. The number of rotatable bonds is 6. The molecule has 0 aliphatic rings. The molecule has 0 aliphatic heterocycles. The Bertz CT molecular complexity index is 267. The standard InChI is InChI=1S/C10H18N4O/c1-8(3-4-15-2)10(14-11)9-5-12-7-13-6-9/h5-8,10,14H,3-4,11H2,1-2H3. The molecule has 0 aliphatic carbocycles. The summed E-state index contributed by atoms with van der Waals surface area (Å²) in [6.45, 7) is 2.85. The predicted molar refractivity (Wildman–Crippen MR) is 57.8 cm³/mol. The number of nitrogens with zero attached hydrogens (tertiary/aromatic N) is 2. The van der Waals surface area contributed by atoms with Crippen molar-refractivity contribution >= 4 is 0 Å². The summed E-state index contributed by atoms with van der Waals surface area (Å²) < 4.78 is 5.04. The van der Waals surface area contributed by atoms with Crippen molar-refractivity contribution in [2.45, 2.75) is 19.4 Å². The van der Waals surface area contributed by atoms with Gasteiger partial charge in [-0.1, -0.05) is 6.92 Å². The van der Waals surface area contributed by atoms with Crippen molar-refractivity contribution in [2.24, 2.45) is 11.8 Å². The van der Waals surface area contributed by atoms with Gasteiger partial charge in [0, 0.05) is 31.7 Å². The Labute approximate surface area is 90.0 Å². The minimum absolute atomic E-state index is 0.0707. The molecule has 2 unspecified atom stereocenters. The van der Waals surface area contributed by atoms with Crippen LogP contribution in [0.25, 0.3) is 0 Å². The van der Waals surface area contributed by atoms with Gasteiger partial charge in [0.1, 0.15) is 6.33 Å². The summed E-state index contributed by atoms with van der Waals surface area (Å²) in [6, 6.07) is 0.0707. The molecule has 0 spiro atoms. The molecular formula is C10H18N4O. The van der Waals surface area contributed by atoms with Crippen molar-refractivity contribution < 1.29 is 4.74 Å². The minimum atomic E-state index is 0.0707. The summed E-state index contributed by atoms with van der Waals surface area (Å²) >= 11 is 0. The third-order valence-corrected chi connectivity index (χ3v) is 2.47. The molecule has 5 heteroatoms. The van der Waals surface area contributed by atoms with Crippen LogP contribution in [0.4, 0.5) is 0 Å². The second-order valence-corrected chi connectivity index (χ2v) is 3.57. The van der Waals surface area contributed by atoms with E-state index in [1.807, 2.05) is 0 Å². The molecule has 0 saturated carbocycles. The average molecular weight is 210 g/mol. The van der Waals surface area contributed by atoms with Gasteiger partial charge in [0.05, 0.1) is 6.04 Å². The SMILES string of the molecule is COCCC(C)C(NN)c1cncnc1. The van der Waals surface area contributed by atoms with Gasteiger partial charge in [0.25, 0.3) is 0 Å². The first-order valence-corrected chi connectivity index (χ1v) is 4.99. The lowest BCUT2D eigenvalue weighted by atomic mass is 9.94. The highest BCUT2D eigenvalue weighted by molar-refractivity contribution is 5.09. The smallest absolute Gasteiger partial charge is 0.115 e. The fraction of sp³-hybridized carbons (Fsp3) is 0.600. The molecule has 0 radical (unpaired) electrons. The fourth-order valence-corrected chi connectivity index (χ4v) is 1.53. The van der Waals surface area contributed by atoms with Crippen molar-refractivity contribution in [1.29, 1.82) is 0 Å². The maximum absolute atomic E-state index is 5.53. The van der Waals surface area contributed by atoms with Gasteiger partial charge in [-0.25, -0.2) is 9.97 Å². The van der Waals surface area contributed by atoms with E-state index in [0.29, 0.717) is 5.92 Å². The van der Waals surface area contributed by atoms with E-state index in [1.165, 1.54) is 6.33 Å². The highest BCUT2D eigenvalue weighted by Crippen LogP contribution is 2.22. The highest BCUT2D eigenvalue weighted by atomic mass is 16.5. The van der Waals surface area contributed by atoms with E-state index in [-0.39, 0.29) is 6.04 Å². The van der Waals surface area contributed by atoms with Crippen LogP contribution in [0.1, 0.15) is 24.9 Å². The van der Waals surface area contributed by atoms with Gasteiger partial charge in [0.2, 0.25) is 0 Å². The van der Waals surface area contributed by atoms with Crippen molar-refractivity contribution in [3.63, 3.8) is 0 Å². The molecule has 5 nitrogen and oxygen atoms in total. The maximum atomic E-state index is 5.53. The summed E-state index contributed by atoms with van der Waals surface area (Å²) in [5, 5.41) is 0. The van der Waals surface area contributed by atoms with Crippen molar-refractivity contribution in [3.8, 4) is 0 Å². The van der Waals surface area contributed by atoms with Crippen LogP contribution in [-0.4, -0.2) is 23.7 Å². The van der Waals surface area contributed by atoms with E-state index in [1.54, 1.807) is 19.5 Å². The summed E-state index contributed by atoms with van der Waals surface area (Å²) in [4.78, 5) is 7.96. The Kier molecular flexibility index (Phi) is 5.17. The molecule has 1 heterocycles. The highest BCUT2D eigenvalue weighted by Gasteiger charge is 2.17. The van der Waals surface area contributed by atoms with Crippen LogP contribution in [0.3, 0.4) is 0 Å². The summed E-state index contributed by atoms with van der Waals surface area (Å²) in [7, 11) is 1.70. The van der Waals surface area contributed by atoms with Gasteiger partial charge < -0.3 is 4.74 Å². The lowest BCUT2D eigenvalue weighted by Crippen LogP contribution is -2.33. The van der Waals surface area contributed by atoms with Gasteiger partial charge in [-0.2, -0.15) is 0 Å². The maximum Gasteiger partial charge on any atom is 0.115 e. The Morgan fingerprint density at radius 3 is 2.67 bits per heavy atom. The number of aromatic nitrogens is 2.